The molecule has 0 aliphatic carbocycles. The molecule has 1 aromatic carbocycles. The molecule has 0 radical (unpaired) electrons. The molecule has 1 atom stereocenters. The average Bonchev–Trinajstić information content (AvgIpc) is 2.93. The van der Waals surface area contributed by atoms with Crippen LogP contribution in [0.5, 0.6) is 0 Å². The minimum atomic E-state index is 0.196. The van der Waals surface area contributed by atoms with Crippen molar-refractivity contribution in [2.24, 2.45) is 5.84 Å². The molecular weight excluding hydrogens is 254 g/mol. The molecule has 3 N–H and O–H groups in total. The van der Waals surface area contributed by atoms with Crippen molar-refractivity contribution in [3.63, 3.8) is 0 Å². The zero-order chi connectivity index (χ0) is 13.7. The van der Waals surface area contributed by atoms with Gasteiger partial charge in [-0.2, -0.15) is 0 Å². The zero-order valence-corrected chi connectivity index (χ0v) is 12.3. The number of anilines is 1. The van der Waals surface area contributed by atoms with Crippen molar-refractivity contribution in [2.45, 2.75) is 18.9 Å². The summed E-state index contributed by atoms with van der Waals surface area (Å²) in [5.41, 5.74) is 5.38. The van der Waals surface area contributed by atoms with Gasteiger partial charge in [-0.1, -0.05) is 18.2 Å². The number of hydrazine groups is 1. The number of nitrogens with two attached hydrogens (primary N) is 1. The zero-order valence-electron chi connectivity index (χ0n) is 11.5. The van der Waals surface area contributed by atoms with Gasteiger partial charge in [0.15, 0.2) is 0 Å². The van der Waals surface area contributed by atoms with Gasteiger partial charge in [-0.3, -0.25) is 11.3 Å². The summed E-state index contributed by atoms with van der Waals surface area (Å²) >= 11 is 1.80. The Morgan fingerprint density at radius 2 is 2.11 bits per heavy atom. The molecule has 0 aliphatic rings. The third-order valence-electron chi connectivity index (χ3n) is 3.25. The van der Waals surface area contributed by atoms with Gasteiger partial charge in [0.2, 0.25) is 0 Å². The molecular formula is C15H21N3S. The lowest BCUT2D eigenvalue weighted by atomic mass is 10.0. The first kappa shape index (κ1) is 14.1. The number of nitrogens with one attached hydrogen (secondary N) is 1. The molecule has 0 bridgehead atoms. The molecule has 19 heavy (non-hydrogen) atoms. The Bertz CT molecular complexity index is 494. The van der Waals surface area contributed by atoms with Crippen LogP contribution >= 0.6 is 11.3 Å². The summed E-state index contributed by atoms with van der Waals surface area (Å²) < 4.78 is 0. The average molecular weight is 275 g/mol. The van der Waals surface area contributed by atoms with Gasteiger partial charge in [0.05, 0.1) is 0 Å². The fourth-order valence-electron chi connectivity index (χ4n) is 2.11. The lowest BCUT2D eigenvalue weighted by molar-refractivity contribution is 0.518. The number of aryl methyl sites for hydroxylation is 1. The number of benzene rings is 1. The predicted octanol–water partition coefficient (Wildman–Crippen LogP) is 2.95. The van der Waals surface area contributed by atoms with E-state index in [0.29, 0.717) is 0 Å². The number of hydrogen-bond acceptors (Lipinski definition) is 4. The van der Waals surface area contributed by atoms with Gasteiger partial charge in [0.25, 0.3) is 0 Å². The van der Waals surface area contributed by atoms with E-state index in [1.807, 2.05) is 0 Å². The van der Waals surface area contributed by atoms with Crippen LogP contribution in [-0.2, 0) is 6.42 Å². The van der Waals surface area contributed by atoms with E-state index in [2.05, 4.69) is 66.2 Å². The van der Waals surface area contributed by atoms with Crippen molar-refractivity contribution < 1.29 is 0 Å². The third-order valence-corrected chi connectivity index (χ3v) is 4.19. The van der Waals surface area contributed by atoms with Crippen molar-refractivity contribution in [1.29, 1.82) is 0 Å². The second kappa shape index (κ2) is 6.70. The monoisotopic (exact) mass is 275 g/mol. The lowest BCUT2D eigenvalue weighted by Gasteiger charge is -2.19. The van der Waals surface area contributed by atoms with Crippen LogP contribution in [0.4, 0.5) is 5.69 Å². The Balaban J connectivity index is 2.06. The highest BCUT2D eigenvalue weighted by Gasteiger charge is 2.11. The normalized spacial score (nSPS) is 12.4. The first-order valence-electron chi connectivity index (χ1n) is 6.46. The smallest absolute Gasteiger partial charge is 0.0464 e. The third kappa shape index (κ3) is 3.80. The second-order valence-corrected chi connectivity index (χ2v) is 5.86. The molecule has 0 amide bonds. The van der Waals surface area contributed by atoms with E-state index in [4.69, 9.17) is 5.84 Å². The molecule has 2 aromatic rings. The van der Waals surface area contributed by atoms with Gasteiger partial charge in [-0.25, -0.2) is 0 Å². The Hall–Kier alpha value is -1.36. The van der Waals surface area contributed by atoms with Crippen LogP contribution in [0.1, 0.15) is 22.9 Å². The van der Waals surface area contributed by atoms with Crippen molar-refractivity contribution in [3.8, 4) is 0 Å². The van der Waals surface area contributed by atoms with Gasteiger partial charge in [-0.15, -0.1) is 11.3 Å². The summed E-state index contributed by atoms with van der Waals surface area (Å²) in [6, 6.07) is 13.0. The van der Waals surface area contributed by atoms with Crippen LogP contribution in [0.25, 0.3) is 0 Å². The summed E-state index contributed by atoms with van der Waals surface area (Å²) in [6.07, 6.45) is 2.06. The van der Waals surface area contributed by atoms with Gasteiger partial charge >= 0.3 is 0 Å². The summed E-state index contributed by atoms with van der Waals surface area (Å²) in [4.78, 5) is 3.51. The highest BCUT2D eigenvalue weighted by Crippen LogP contribution is 2.23. The molecule has 1 heterocycles. The van der Waals surface area contributed by atoms with Gasteiger partial charge < -0.3 is 4.90 Å². The van der Waals surface area contributed by atoms with Crippen LogP contribution in [0, 0.1) is 0 Å². The van der Waals surface area contributed by atoms with Crippen LogP contribution in [0.15, 0.2) is 41.8 Å². The van der Waals surface area contributed by atoms with Crippen LogP contribution in [-0.4, -0.2) is 14.1 Å². The Kier molecular flexibility index (Phi) is 4.96. The molecule has 0 aliphatic heterocycles. The summed E-state index contributed by atoms with van der Waals surface area (Å²) in [7, 11) is 4.10. The summed E-state index contributed by atoms with van der Waals surface area (Å²) in [6.45, 7) is 0. The number of rotatable bonds is 6. The Morgan fingerprint density at radius 3 is 2.74 bits per heavy atom. The first-order valence-corrected chi connectivity index (χ1v) is 7.34. The van der Waals surface area contributed by atoms with E-state index in [1.54, 1.807) is 11.3 Å². The van der Waals surface area contributed by atoms with E-state index in [1.165, 1.54) is 16.1 Å². The molecule has 3 nitrogen and oxygen atoms in total. The van der Waals surface area contributed by atoms with E-state index in [0.717, 1.165) is 12.8 Å². The molecule has 0 fully saturated rings. The largest absolute Gasteiger partial charge is 0.378 e. The SMILES string of the molecule is CN(C)c1cccc(C(CCc2cccs2)NN)c1. The second-order valence-electron chi connectivity index (χ2n) is 4.83. The van der Waals surface area contributed by atoms with E-state index < -0.39 is 0 Å². The fourth-order valence-corrected chi connectivity index (χ4v) is 2.83. The van der Waals surface area contributed by atoms with Crippen LogP contribution in [0.3, 0.4) is 0 Å². The molecule has 4 heteroatoms. The Labute approximate surface area is 119 Å². The molecule has 1 unspecified atom stereocenters. The van der Waals surface area contributed by atoms with Crippen molar-refractivity contribution in [3.05, 3.63) is 52.2 Å². The van der Waals surface area contributed by atoms with E-state index in [9.17, 15) is 0 Å². The molecule has 0 saturated heterocycles. The summed E-state index contributed by atoms with van der Waals surface area (Å²) in [5.74, 6) is 5.71. The standard InChI is InChI=1S/C15H21N3S/c1-18(2)13-6-3-5-12(11-13)15(17-16)9-8-14-7-4-10-19-14/h3-7,10-11,15,17H,8-9,16H2,1-2H3. The quantitative estimate of drug-likeness (QED) is 0.629. The molecule has 102 valence electrons. The maximum absolute atomic E-state index is 5.71. The van der Waals surface area contributed by atoms with Gasteiger partial charge in [0, 0.05) is 30.7 Å². The van der Waals surface area contributed by atoms with Crippen molar-refractivity contribution in [2.75, 3.05) is 19.0 Å². The highest BCUT2D eigenvalue weighted by molar-refractivity contribution is 7.09. The maximum atomic E-state index is 5.71. The minimum Gasteiger partial charge on any atom is -0.378 e. The first-order chi connectivity index (χ1) is 9.20. The minimum absolute atomic E-state index is 0.196. The number of hydrogen-bond donors (Lipinski definition) is 2. The fraction of sp³-hybridized carbons (Fsp3) is 0.333. The van der Waals surface area contributed by atoms with Crippen LogP contribution in [0.2, 0.25) is 0 Å². The molecule has 0 spiro atoms. The number of nitrogens with zero attached hydrogens (tertiary/aromatic N) is 1. The lowest BCUT2D eigenvalue weighted by Crippen LogP contribution is -2.28. The van der Waals surface area contributed by atoms with Crippen molar-refractivity contribution in [1.82, 2.24) is 5.43 Å². The predicted molar refractivity (Wildman–Crippen MR) is 83.5 cm³/mol. The van der Waals surface area contributed by atoms with Crippen molar-refractivity contribution >= 4 is 17.0 Å². The maximum Gasteiger partial charge on any atom is 0.0464 e. The number of thiophene rings is 1. The molecule has 0 saturated carbocycles. The van der Waals surface area contributed by atoms with Gasteiger partial charge in [-0.05, 0) is 42.0 Å². The topological polar surface area (TPSA) is 41.3 Å². The molecule has 1 aromatic heterocycles. The summed E-state index contributed by atoms with van der Waals surface area (Å²) in [5, 5.41) is 2.12. The molecule has 2 rings (SSSR count). The van der Waals surface area contributed by atoms with E-state index >= 15 is 0 Å². The van der Waals surface area contributed by atoms with Crippen LogP contribution < -0.4 is 16.2 Å². The highest BCUT2D eigenvalue weighted by atomic mass is 32.1. The Morgan fingerprint density at radius 1 is 1.26 bits per heavy atom. The van der Waals surface area contributed by atoms with Gasteiger partial charge in [0.1, 0.15) is 0 Å². The van der Waals surface area contributed by atoms with E-state index in [-0.39, 0.29) is 6.04 Å².